The number of imide groups is 1. The van der Waals surface area contributed by atoms with Crippen LogP contribution in [0.2, 0.25) is 0 Å². The standard InChI is InChI=1S/C19H17NO5S2/c1-11-4-7-14(8-5-11)26-16-9-6-13(25-16)10-15-17(21)20(19(23)27-15)12(2)18(22)24-3/h4-10,12H,1-3H3/b15-10+/t12-/m1/s1. The second-order valence-corrected chi connectivity index (χ2v) is 7.89. The topological polar surface area (TPSA) is 76.8 Å². The Morgan fingerprint density at radius 1 is 1.22 bits per heavy atom. The summed E-state index contributed by atoms with van der Waals surface area (Å²) < 4.78 is 10.3. The van der Waals surface area contributed by atoms with Crippen LogP contribution in [0, 0.1) is 6.92 Å². The Hall–Kier alpha value is -2.45. The maximum absolute atomic E-state index is 12.5. The number of aryl methyl sites for hydroxylation is 1. The van der Waals surface area contributed by atoms with Crippen LogP contribution in [0.25, 0.3) is 6.08 Å². The van der Waals surface area contributed by atoms with Crippen molar-refractivity contribution in [3.8, 4) is 0 Å². The minimum atomic E-state index is -0.974. The average Bonchev–Trinajstić information content (AvgIpc) is 3.20. The number of hydrogen-bond donors (Lipinski definition) is 0. The van der Waals surface area contributed by atoms with E-state index in [4.69, 9.17) is 4.42 Å². The minimum absolute atomic E-state index is 0.206. The van der Waals surface area contributed by atoms with E-state index < -0.39 is 23.2 Å². The molecule has 1 aromatic carbocycles. The highest BCUT2D eigenvalue weighted by atomic mass is 32.2. The SMILES string of the molecule is COC(=O)[C@@H](C)N1C(=O)S/C(=C/c2ccc(Sc3ccc(C)cc3)o2)C1=O. The number of furan rings is 1. The average molecular weight is 403 g/mol. The van der Waals surface area contributed by atoms with Crippen molar-refractivity contribution in [1.29, 1.82) is 0 Å². The van der Waals surface area contributed by atoms with Crippen LogP contribution in [0.15, 0.2) is 55.7 Å². The first-order valence-corrected chi connectivity index (χ1v) is 9.71. The second-order valence-electron chi connectivity index (χ2n) is 5.82. The zero-order valence-electron chi connectivity index (χ0n) is 14.9. The maximum Gasteiger partial charge on any atom is 0.328 e. The summed E-state index contributed by atoms with van der Waals surface area (Å²) in [6, 6.07) is 10.6. The molecule has 0 saturated carbocycles. The molecule has 1 aromatic heterocycles. The van der Waals surface area contributed by atoms with Crippen molar-refractivity contribution < 1.29 is 23.5 Å². The highest BCUT2D eigenvalue weighted by Crippen LogP contribution is 2.35. The Morgan fingerprint density at radius 3 is 2.59 bits per heavy atom. The molecule has 0 aliphatic carbocycles. The Labute approximate surface area is 164 Å². The summed E-state index contributed by atoms with van der Waals surface area (Å²) in [4.78, 5) is 38.4. The van der Waals surface area contributed by atoms with Crippen molar-refractivity contribution in [3.63, 3.8) is 0 Å². The molecule has 1 aliphatic heterocycles. The fraction of sp³-hybridized carbons (Fsp3) is 0.211. The lowest BCUT2D eigenvalue weighted by Crippen LogP contribution is -2.42. The fourth-order valence-electron chi connectivity index (χ4n) is 2.41. The fourth-order valence-corrected chi connectivity index (χ4v) is 4.07. The molecule has 0 radical (unpaired) electrons. The molecule has 140 valence electrons. The highest BCUT2D eigenvalue weighted by molar-refractivity contribution is 8.18. The summed E-state index contributed by atoms with van der Waals surface area (Å²) >= 11 is 2.23. The van der Waals surface area contributed by atoms with E-state index in [0.29, 0.717) is 10.9 Å². The summed E-state index contributed by atoms with van der Waals surface area (Å²) in [5.74, 6) is -0.721. The van der Waals surface area contributed by atoms with Gasteiger partial charge < -0.3 is 9.15 Å². The third kappa shape index (κ3) is 4.28. The van der Waals surface area contributed by atoms with Gasteiger partial charge in [0.15, 0.2) is 5.09 Å². The molecule has 6 nitrogen and oxygen atoms in total. The third-order valence-corrected chi connectivity index (χ3v) is 5.68. The van der Waals surface area contributed by atoms with Gasteiger partial charge in [0.1, 0.15) is 11.8 Å². The Bertz CT molecular complexity index is 916. The van der Waals surface area contributed by atoms with Gasteiger partial charge in [0, 0.05) is 11.0 Å². The Kier molecular flexibility index (Phi) is 5.76. The van der Waals surface area contributed by atoms with Crippen molar-refractivity contribution in [2.75, 3.05) is 7.11 Å². The van der Waals surface area contributed by atoms with Crippen LogP contribution in [0.5, 0.6) is 0 Å². The lowest BCUT2D eigenvalue weighted by atomic mass is 10.2. The molecule has 2 heterocycles. The van der Waals surface area contributed by atoms with Crippen LogP contribution in [-0.2, 0) is 14.3 Å². The molecule has 1 aliphatic rings. The molecular formula is C19H17NO5S2. The van der Waals surface area contributed by atoms with Gasteiger partial charge in [0.2, 0.25) is 0 Å². The van der Waals surface area contributed by atoms with Gasteiger partial charge >= 0.3 is 5.97 Å². The second kappa shape index (κ2) is 8.06. The summed E-state index contributed by atoms with van der Waals surface area (Å²) in [7, 11) is 1.21. The number of hydrogen-bond acceptors (Lipinski definition) is 7. The molecule has 3 rings (SSSR count). The number of methoxy groups -OCH3 is 1. The molecule has 0 N–H and O–H groups in total. The summed E-state index contributed by atoms with van der Waals surface area (Å²) in [5, 5.41) is 0.164. The lowest BCUT2D eigenvalue weighted by molar-refractivity contribution is -0.148. The van der Waals surface area contributed by atoms with Gasteiger partial charge in [-0.15, -0.1) is 0 Å². The Balaban J connectivity index is 1.74. The normalized spacial score (nSPS) is 16.9. The zero-order valence-corrected chi connectivity index (χ0v) is 16.6. The van der Waals surface area contributed by atoms with E-state index in [-0.39, 0.29) is 4.91 Å². The molecule has 0 spiro atoms. The number of nitrogens with zero attached hydrogens (tertiary/aromatic N) is 1. The minimum Gasteiger partial charge on any atom is -0.467 e. The quantitative estimate of drug-likeness (QED) is 0.543. The molecule has 27 heavy (non-hydrogen) atoms. The molecule has 8 heteroatoms. The molecular weight excluding hydrogens is 386 g/mol. The Morgan fingerprint density at radius 2 is 1.93 bits per heavy atom. The maximum atomic E-state index is 12.5. The van der Waals surface area contributed by atoms with Gasteiger partial charge in [-0.25, -0.2) is 4.79 Å². The van der Waals surface area contributed by atoms with Crippen LogP contribution in [0.4, 0.5) is 4.79 Å². The van der Waals surface area contributed by atoms with E-state index in [1.165, 1.54) is 37.4 Å². The van der Waals surface area contributed by atoms with Crippen LogP contribution < -0.4 is 0 Å². The van der Waals surface area contributed by atoms with Crippen LogP contribution in [0.3, 0.4) is 0 Å². The first kappa shape index (κ1) is 19.3. The van der Waals surface area contributed by atoms with Crippen molar-refractivity contribution in [2.24, 2.45) is 0 Å². The smallest absolute Gasteiger partial charge is 0.328 e. The lowest BCUT2D eigenvalue weighted by Gasteiger charge is -2.18. The molecule has 0 unspecified atom stereocenters. The van der Waals surface area contributed by atoms with Crippen molar-refractivity contribution >= 4 is 46.7 Å². The number of benzene rings is 1. The summed E-state index contributed by atoms with van der Waals surface area (Å²) in [6.45, 7) is 3.47. The van der Waals surface area contributed by atoms with E-state index in [2.05, 4.69) is 4.74 Å². The predicted molar refractivity (Wildman–Crippen MR) is 103 cm³/mol. The van der Waals surface area contributed by atoms with Crippen LogP contribution in [0.1, 0.15) is 18.2 Å². The summed E-state index contributed by atoms with van der Waals surface area (Å²) in [5.41, 5.74) is 1.18. The van der Waals surface area contributed by atoms with Crippen molar-refractivity contribution in [2.45, 2.75) is 29.9 Å². The molecule has 2 amide bonds. The highest BCUT2D eigenvalue weighted by Gasteiger charge is 2.41. The summed E-state index contributed by atoms with van der Waals surface area (Å²) in [6.07, 6.45) is 1.51. The number of esters is 1. The van der Waals surface area contributed by atoms with Gasteiger partial charge in [0.05, 0.1) is 12.0 Å². The molecule has 1 fully saturated rings. The molecule has 2 aromatic rings. The van der Waals surface area contributed by atoms with Crippen molar-refractivity contribution in [3.05, 3.63) is 52.6 Å². The predicted octanol–water partition coefficient (Wildman–Crippen LogP) is 4.34. The molecule has 1 saturated heterocycles. The largest absolute Gasteiger partial charge is 0.467 e. The molecule has 0 bridgehead atoms. The first-order valence-electron chi connectivity index (χ1n) is 8.08. The van der Waals surface area contributed by atoms with Crippen molar-refractivity contribution in [1.82, 2.24) is 4.90 Å². The number of thioether (sulfide) groups is 1. The van der Waals surface area contributed by atoms with Gasteiger partial charge in [0.25, 0.3) is 11.1 Å². The zero-order chi connectivity index (χ0) is 19.6. The van der Waals surface area contributed by atoms with Gasteiger partial charge in [-0.2, -0.15) is 0 Å². The monoisotopic (exact) mass is 403 g/mol. The van der Waals surface area contributed by atoms with E-state index in [1.54, 1.807) is 12.1 Å². The van der Waals surface area contributed by atoms with Gasteiger partial charge in [-0.1, -0.05) is 29.5 Å². The number of carbonyl (C=O) groups excluding carboxylic acids is 3. The number of rotatable bonds is 5. The van der Waals surface area contributed by atoms with Crippen LogP contribution in [-0.4, -0.2) is 35.2 Å². The van der Waals surface area contributed by atoms with E-state index in [1.807, 2.05) is 31.2 Å². The van der Waals surface area contributed by atoms with E-state index in [0.717, 1.165) is 21.6 Å². The third-order valence-electron chi connectivity index (χ3n) is 3.87. The number of carbonyl (C=O) groups is 3. The van der Waals surface area contributed by atoms with Gasteiger partial charge in [-0.3, -0.25) is 14.5 Å². The van der Waals surface area contributed by atoms with Gasteiger partial charge in [-0.05, 0) is 49.9 Å². The van der Waals surface area contributed by atoms with E-state index in [9.17, 15) is 14.4 Å². The molecule has 1 atom stereocenters. The first-order chi connectivity index (χ1) is 12.9. The van der Waals surface area contributed by atoms with Crippen LogP contribution >= 0.6 is 23.5 Å². The number of ether oxygens (including phenoxy) is 1. The number of amides is 2. The van der Waals surface area contributed by atoms with E-state index >= 15 is 0 Å².